The molecule has 1 aliphatic rings. The maximum Gasteiger partial charge on any atom is 0.191 e. The van der Waals surface area contributed by atoms with Gasteiger partial charge in [-0.05, 0) is 17.5 Å². The van der Waals surface area contributed by atoms with Gasteiger partial charge in [0, 0.05) is 38.9 Å². The van der Waals surface area contributed by atoms with Gasteiger partial charge in [-0.15, -0.1) is 24.0 Å². The van der Waals surface area contributed by atoms with Crippen LogP contribution in [0.25, 0.3) is 0 Å². The van der Waals surface area contributed by atoms with Crippen molar-refractivity contribution in [3.63, 3.8) is 0 Å². The number of para-hydroxylation sites is 1. The molecule has 0 bridgehead atoms. The lowest BCUT2D eigenvalue weighted by Gasteiger charge is -2.30. The molecule has 1 fully saturated rings. The summed E-state index contributed by atoms with van der Waals surface area (Å²) in [6, 6.07) is 8.59. The summed E-state index contributed by atoms with van der Waals surface area (Å²) in [7, 11) is 1.83. The predicted molar refractivity (Wildman–Crippen MR) is 117 cm³/mol. The topological polar surface area (TPSA) is 48.9 Å². The van der Waals surface area contributed by atoms with E-state index >= 15 is 0 Å². The largest absolute Gasteiger partial charge is 0.378 e. The zero-order valence-electron chi connectivity index (χ0n) is 15.8. The Balaban J connectivity index is 0.00000312. The van der Waals surface area contributed by atoms with E-state index in [1.807, 2.05) is 7.05 Å². The van der Waals surface area contributed by atoms with Gasteiger partial charge in [-0.3, -0.25) is 4.99 Å². The number of benzene rings is 1. The number of morpholine rings is 1. The van der Waals surface area contributed by atoms with Crippen molar-refractivity contribution in [3.8, 4) is 0 Å². The van der Waals surface area contributed by atoms with Gasteiger partial charge in [0.15, 0.2) is 5.96 Å². The van der Waals surface area contributed by atoms with Crippen molar-refractivity contribution < 1.29 is 4.74 Å². The highest BCUT2D eigenvalue weighted by Gasteiger charge is 2.14. The van der Waals surface area contributed by atoms with Gasteiger partial charge < -0.3 is 20.3 Å². The number of aliphatic imine (C=N–C) groups is 1. The number of guanidine groups is 1. The van der Waals surface area contributed by atoms with E-state index in [9.17, 15) is 0 Å². The van der Waals surface area contributed by atoms with Gasteiger partial charge in [0.2, 0.25) is 0 Å². The minimum Gasteiger partial charge on any atom is -0.378 e. The molecule has 5 nitrogen and oxygen atoms in total. The van der Waals surface area contributed by atoms with Crippen LogP contribution in [0.15, 0.2) is 29.3 Å². The van der Waals surface area contributed by atoms with Gasteiger partial charge in [-0.1, -0.05) is 44.9 Å². The number of nitrogens with zero attached hydrogens (tertiary/aromatic N) is 2. The fourth-order valence-corrected chi connectivity index (χ4v) is 2.99. The summed E-state index contributed by atoms with van der Waals surface area (Å²) in [5, 5.41) is 6.90. The predicted octanol–water partition coefficient (Wildman–Crippen LogP) is 3.24. The van der Waals surface area contributed by atoms with Gasteiger partial charge in [0.25, 0.3) is 0 Å². The Bertz CT molecular complexity index is 514. The first-order valence-corrected chi connectivity index (χ1v) is 9.13. The molecule has 0 aliphatic carbocycles. The zero-order valence-corrected chi connectivity index (χ0v) is 18.1. The molecular formula is C19H33IN4O. The van der Waals surface area contributed by atoms with Gasteiger partial charge in [0.1, 0.15) is 0 Å². The average molecular weight is 460 g/mol. The number of anilines is 1. The van der Waals surface area contributed by atoms with E-state index in [0.29, 0.717) is 5.92 Å². The molecule has 0 saturated carbocycles. The molecule has 142 valence electrons. The minimum absolute atomic E-state index is 0. The Kier molecular flexibility index (Phi) is 10.9. The monoisotopic (exact) mass is 460 g/mol. The summed E-state index contributed by atoms with van der Waals surface area (Å²) >= 11 is 0. The van der Waals surface area contributed by atoms with Crippen LogP contribution in [-0.2, 0) is 11.3 Å². The SMILES string of the molecule is CCC(CC)CNC(=NC)NCc1ccccc1N1CCOCC1.I. The van der Waals surface area contributed by atoms with E-state index in [1.165, 1.54) is 24.1 Å². The van der Waals surface area contributed by atoms with E-state index in [1.54, 1.807) is 0 Å². The molecule has 0 spiro atoms. The molecule has 25 heavy (non-hydrogen) atoms. The molecule has 1 aromatic carbocycles. The first-order chi connectivity index (χ1) is 11.8. The molecule has 1 saturated heterocycles. The molecule has 6 heteroatoms. The van der Waals surface area contributed by atoms with Crippen LogP contribution in [0.5, 0.6) is 0 Å². The standard InChI is InChI=1S/C19H32N4O.HI/c1-4-16(5-2)14-21-19(20-3)22-15-17-8-6-7-9-18(17)23-10-12-24-13-11-23;/h6-9,16H,4-5,10-15H2,1-3H3,(H2,20,21,22);1H. The third-order valence-electron chi connectivity index (χ3n) is 4.73. The molecule has 1 aromatic rings. The summed E-state index contributed by atoms with van der Waals surface area (Å²) in [4.78, 5) is 6.75. The highest BCUT2D eigenvalue weighted by Crippen LogP contribution is 2.21. The molecule has 0 radical (unpaired) electrons. The number of nitrogens with one attached hydrogen (secondary N) is 2. The van der Waals surface area contributed by atoms with Crippen molar-refractivity contribution >= 4 is 35.6 Å². The second-order valence-electron chi connectivity index (χ2n) is 6.22. The lowest BCUT2D eigenvalue weighted by atomic mass is 10.0. The van der Waals surface area contributed by atoms with Crippen LogP contribution in [0, 0.1) is 5.92 Å². The van der Waals surface area contributed by atoms with Crippen LogP contribution in [-0.4, -0.2) is 45.9 Å². The van der Waals surface area contributed by atoms with Crippen LogP contribution in [0.1, 0.15) is 32.3 Å². The number of hydrogen-bond donors (Lipinski definition) is 2. The molecule has 0 aromatic heterocycles. The molecule has 0 unspecified atom stereocenters. The van der Waals surface area contributed by atoms with Gasteiger partial charge in [-0.25, -0.2) is 0 Å². The fourth-order valence-electron chi connectivity index (χ4n) is 2.99. The van der Waals surface area contributed by atoms with Crippen LogP contribution in [0.4, 0.5) is 5.69 Å². The quantitative estimate of drug-likeness (QED) is 0.373. The van der Waals surface area contributed by atoms with Crippen LogP contribution in [0.2, 0.25) is 0 Å². The van der Waals surface area contributed by atoms with Crippen molar-refractivity contribution in [2.24, 2.45) is 10.9 Å². The van der Waals surface area contributed by atoms with E-state index in [0.717, 1.165) is 45.4 Å². The van der Waals surface area contributed by atoms with Gasteiger partial charge in [0.05, 0.1) is 13.2 Å². The average Bonchev–Trinajstić information content (AvgIpc) is 2.66. The number of rotatable bonds is 7. The molecule has 0 atom stereocenters. The maximum atomic E-state index is 5.47. The van der Waals surface area contributed by atoms with Crippen molar-refractivity contribution in [2.45, 2.75) is 33.2 Å². The molecule has 1 heterocycles. The Labute approximate surface area is 169 Å². The second kappa shape index (κ2) is 12.4. The zero-order chi connectivity index (χ0) is 17.2. The highest BCUT2D eigenvalue weighted by molar-refractivity contribution is 14.0. The van der Waals surface area contributed by atoms with E-state index in [-0.39, 0.29) is 24.0 Å². The summed E-state index contributed by atoms with van der Waals surface area (Å²) in [5.74, 6) is 1.57. The third-order valence-corrected chi connectivity index (χ3v) is 4.73. The van der Waals surface area contributed by atoms with Crippen LogP contribution < -0.4 is 15.5 Å². The Morgan fingerprint density at radius 2 is 1.84 bits per heavy atom. The lowest BCUT2D eigenvalue weighted by molar-refractivity contribution is 0.122. The van der Waals surface area contributed by atoms with Gasteiger partial charge >= 0.3 is 0 Å². The Morgan fingerprint density at radius 1 is 1.16 bits per heavy atom. The summed E-state index contributed by atoms with van der Waals surface area (Å²) < 4.78 is 5.47. The number of ether oxygens (including phenoxy) is 1. The van der Waals surface area contributed by atoms with Gasteiger partial charge in [-0.2, -0.15) is 0 Å². The van der Waals surface area contributed by atoms with Crippen molar-refractivity contribution in [3.05, 3.63) is 29.8 Å². The number of halogens is 1. The Hall–Kier alpha value is -1.02. The van der Waals surface area contributed by atoms with E-state index < -0.39 is 0 Å². The third kappa shape index (κ3) is 7.01. The smallest absolute Gasteiger partial charge is 0.191 e. The van der Waals surface area contributed by atoms with Crippen LogP contribution >= 0.6 is 24.0 Å². The minimum atomic E-state index is 0. The normalized spacial score (nSPS) is 15.0. The second-order valence-corrected chi connectivity index (χ2v) is 6.22. The van der Waals surface area contributed by atoms with Crippen molar-refractivity contribution in [1.82, 2.24) is 10.6 Å². The van der Waals surface area contributed by atoms with Crippen molar-refractivity contribution in [2.75, 3.05) is 44.8 Å². The number of hydrogen-bond acceptors (Lipinski definition) is 3. The molecule has 0 amide bonds. The lowest BCUT2D eigenvalue weighted by Crippen LogP contribution is -2.40. The maximum absolute atomic E-state index is 5.47. The Morgan fingerprint density at radius 3 is 2.48 bits per heavy atom. The summed E-state index contributed by atoms with van der Waals surface area (Å²) in [6.45, 7) is 9.75. The van der Waals surface area contributed by atoms with E-state index in [2.05, 4.69) is 58.6 Å². The first-order valence-electron chi connectivity index (χ1n) is 9.13. The van der Waals surface area contributed by atoms with Crippen LogP contribution in [0.3, 0.4) is 0 Å². The summed E-state index contributed by atoms with van der Waals surface area (Å²) in [6.07, 6.45) is 2.39. The fraction of sp³-hybridized carbons (Fsp3) is 0.632. The molecule has 1 aliphatic heterocycles. The first kappa shape index (κ1) is 22.0. The highest BCUT2D eigenvalue weighted by atomic mass is 127. The molecular weight excluding hydrogens is 427 g/mol. The molecule has 2 N–H and O–H groups in total. The summed E-state index contributed by atoms with van der Waals surface area (Å²) in [5.41, 5.74) is 2.59. The van der Waals surface area contributed by atoms with E-state index in [4.69, 9.17) is 4.74 Å². The molecule has 2 rings (SSSR count). The van der Waals surface area contributed by atoms with Crippen molar-refractivity contribution in [1.29, 1.82) is 0 Å².